The van der Waals surface area contributed by atoms with Crippen LogP contribution in [-0.2, 0) is 15.7 Å². The average Bonchev–Trinajstić information content (AvgIpc) is 2.40. The molecule has 0 aliphatic carbocycles. The first-order chi connectivity index (χ1) is 9.02. The fourth-order valence-electron chi connectivity index (χ4n) is 2.46. The van der Waals surface area contributed by atoms with Crippen LogP contribution < -0.4 is 0 Å². The van der Waals surface area contributed by atoms with E-state index in [-0.39, 0.29) is 5.92 Å². The molecule has 1 saturated heterocycles. The van der Waals surface area contributed by atoms with Crippen LogP contribution in [-0.4, -0.2) is 19.5 Å². The smallest absolute Gasteiger partial charge is 0.381 e. The molecule has 0 N–H and O–H groups in total. The third-order valence-corrected chi connectivity index (χ3v) is 3.52. The average molecular weight is 272 g/mol. The molecule has 2 rings (SSSR count). The molecule has 1 aliphatic heterocycles. The Hall–Kier alpha value is -1.36. The highest BCUT2D eigenvalue weighted by atomic mass is 19.4. The number of rotatable bonds is 3. The van der Waals surface area contributed by atoms with E-state index in [1.54, 1.807) is 6.07 Å². The summed E-state index contributed by atoms with van der Waals surface area (Å²) in [5, 5.41) is 0. The Labute approximate surface area is 109 Å². The summed E-state index contributed by atoms with van der Waals surface area (Å²) in [7, 11) is 0. The van der Waals surface area contributed by atoms with Crippen LogP contribution in [0.25, 0.3) is 0 Å². The minimum atomic E-state index is -4.38. The quantitative estimate of drug-likeness (QED) is 0.788. The first-order valence-corrected chi connectivity index (χ1v) is 6.22. The lowest BCUT2D eigenvalue weighted by atomic mass is 9.82. The van der Waals surface area contributed by atoms with Gasteiger partial charge in [0.1, 0.15) is 6.29 Å². The Morgan fingerprint density at radius 3 is 2.53 bits per heavy atom. The standard InChI is InChI=1S/C14H15F3O2/c15-14(16,17)12-3-1-2-11(8-12)13(9-18)10-4-6-19-7-5-10/h1-3,8-10,13H,4-7H2. The number of aldehydes is 1. The lowest BCUT2D eigenvalue weighted by Gasteiger charge is -2.27. The van der Waals surface area contributed by atoms with E-state index in [2.05, 4.69) is 0 Å². The summed E-state index contributed by atoms with van der Waals surface area (Å²) >= 11 is 0. The number of halogens is 3. The largest absolute Gasteiger partial charge is 0.416 e. The number of alkyl halides is 3. The van der Waals surface area contributed by atoms with Crippen molar-refractivity contribution in [3.63, 3.8) is 0 Å². The Kier molecular flexibility index (Phi) is 4.24. The van der Waals surface area contributed by atoms with Gasteiger partial charge in [-0.25, -0.2) is 0 Å². The van der Waals surface area contributed by atoms with E-state index in [4.69, 9.17) is 4.74 Å². The minimum Gasteiger partial charge on any atom is -0.381 e. The molecule has 1 heterocycles. The van der Waals surface area contributed by atoms with Crippen LogP contribution in [0.2, 0.25) is 0 Å². The summed E-state index contributed by atoms with van der Waals surface area (Å²) in [5.74, 6) is -0.416. The van der Waals surface area contributed by atoms with Crippen molar-refractivity contribution in [2.45, 2.75) is 24.9 Å². The topological polar surface area (TPSA) is 26.3 Å². The minimum absolute atomic E-state index is 0.0646. The fourth-order valence-corrected chi connectivity index (χ4v) is 2.46. The van der Waals surface area contributed by atoms with Crippen LogP contribution >= 0.6 is 0 Å². The van der Waals surface area contributed by atoms with Gasteiger partial charge in [-0.05, 0) is 30.4 Å². The maximum absolute atomic E-state index is 12.7. The van der Waals surface area contributed by atoms with Gasteiger partial charge in [-0.3, -0.25) is 0 Å². The third kappa shape index (κ3) is 3.35. The summed E-state index contributed by atoms with van der Waals surface area (Å²) in [5.41, 5.74) is -0.263. The molecular formula is C14H15F3O2. The van der Waals surface area contributed by atoms with Gasteiger partial charge in [-0.1, -0.05) is 18.2 Å². The van der Waals surface area contributed by atoms with Gasteiger partial charge in [0, 0.05) is 19.1 Å². The summed E-state index contributed by atoms with van der Waals surface area (Å²) in [4.78, 5) is 11.2. The number of benzene rings is 1. The van der Waals surface area contributed by atoms with Gasteiger partial charge in [0.15, 0.2) is 0 Å². The van der Waals surface area contributed by atoms with Gasteiger partial charge < -0.3 is 9.53 Å². The molecule has 1 aromatic carbocycles. The van der Waals surface area contributed by atoms with Crippen LogP contribution in [0.15, 0.2) is 24.3 Å². The first-order valence-electron chi connectivity index (χ1n) is 6.22. The van der Waals surface area contributed by atoms with Crippen molar-refractivity contribution in [2.24, 2.45) is 5.92 Å². The molecule has 5 heteroatoms. The number of hydrogen-bond acceptors (Lipinski definition) is 2. The maximum Gasteiger partial charge on any atom is 0.416 e. The van der Waals surface area contributed by atoms with Crippen LogP contribution in [0.1, 0.15) is 29.9 Å². The summed E-state index contributed by atoms with van der Waals surface area (Å²) in [6.45, 7) is 1.13. The molecule has 1 aromatic rings. The SMILES string of the molecule is O=CC(c1cccc(C(F)(F)F)c1)C1CCOCC1. The van der Waals surface area contributed by atoms with Crippen molar-refractivity contribution in [1.82, 2.24) is 0 Å². The summed E-state index contributed by atoms with van der Waals surface area (Å²) in [6.07, 6.45) is -2.20. The summed E-state index contributed by atoms with van der Waals surface area (Å²) < 4.78 is 43.2. The number of hydrogen-bond donors (Lipinski definition) is 0. The van der Waals surface area contributed by atoms with Crippen molar-refractivity contribution in [1.29, 1.82) is 0 Å². The van der Waals surface area contributed by atoms with E-state index in [1.807, 2.05) is 0 Å². The highest BCUT2D eigenvalue weighted by Crippen LogP contribution is 2.34. The number of ether oxygens (including phenoxy) is 1. The zero-order chi connectivity index (χ0) is 13.9. The molecule has 0 amide bonds. The van der Waals surface area contributed by atoms with E-state index < -0.39 is 17.7 Å². The maximum atomic E-state index is 12.7. The Balaban J connectivity index is 2.25. The zero-order valence-corrected chi connectivity index (χ0v) is 10.3. The predicted molar refractivity (Wildman–Crippen MR) is 63.8 cm³/mol. The van der Waals surface area contributed by atoms with Gasteiger partial charge in [-0.2, -0.15) is 13.2 Å². The van der Waals surface area contributed by atoms with Gasteiger partial charge in [0.05, 0.1) is 5.56 Å². The second kappa shape index (κ2) is 5.74. The van der Waals surface area contributed by atoms with Crippen LogP contribution in [0, 0.1) is 5.92 Å². The lowest BCUT2D eigenvalue weighted by Crippen LogP contribution is -2.23. The predicted octanol–water partition coefficient (Wildman–Crippen LogP) is 3.41. The Bertz CT molecular complexity index is 437. The molecule has 19 heavy (non-hydrogen) atoms. The molecule has 104 valence electrons. The second-order valence-electron chi connectivity index (χ2n) is 4.73. The monoisotopic (exact) mass is 272 g/mol. The molecule has 0 aromatic heterocycles. The fraction of sp³-hybridized carbons (Fsp3) is 0.500. The Morgan fingerprint density at radius 2 is 1.95 bits per heavy atom. The lowest BCUT2D eigenvalue weighted by molar-refractivity contribution is -0.137. The van der Waals surface area contributed by atoms with E-state index in [0.717, 1.165) is 18.4 Å². The first kappa shape index (κ1) is 14.1. The molecule has 2 nitrogen and oxygen atoms in total. The van der Waals surface area contributed by atoms with Crippen molar-refractivity contribution < 1.29 is 22.7 Å². The normalized spacial score (nSPS) is 19.1. The highest BCUT2D eigenvalue weighted by Gasteiger charge is 2.32. The van der Waals surface area contributed by atoms with Gasteiger partial charge in [0.25, 0.3) is 0 Å². The van der Waals surface area contributed by atoms with Crippen molar-refractivity contribution in [3.05, 3.63) is 35.4 Å². The van der Waals surface area contributed by atoms with Gasteiger partial charge >= 0.3 is 6.18 Å². The molecule has 0 radical (unpaired) electrons. The third-order valence-electron chi connectivity index (χ3n) is 3.52. The molecule has 1 fully saturated rings. The van der Waals surface area contributed by atoms with Crippen molar-refractivity contribution >= 4 is 6.29 Å². The van der Waals surface area contributed by atoms with Gasteiger partial charge in [0.2, 0.25) is 0 Å². The summed E-state index contributed by atoms with van der Waals surface area (Å²) in [6, 6.07) is 5.04. The molecule has 1 aliphatic rings. The Morgan fingerprint density at radius 1 is 1.26 bits per heavy atom. The van der Waals surface area contributed by atoms with E-state index >= 15 is 0 Å². The van der Waals surface area contributed by atoms with Crippen LogP contribution in [0.3, 0.4) is 0 Å². The van der Waals surface area contributed by atoms with E-state index in [1.165, 1.54) is 6.07 Å². The number of carbonyl (C=O) groups excluding carboxylic acids is 1. The van der Waals surface area contributed by atoms with Gasteiger partial charge in [-0.15, -0.1) is 0 Å². The van der Waals surface area contributed by atoms with Crippen LogP contribution in [0.5, 0.6) is 0 Å². The molecule has 0 saturated carbocycles. The van der Waals surface area contributed by atoms with E-state index in [9.17, 15) is 18.0 Å². The van der Waals surface area contributed by atoms with Crippen molar-refractivity contribution in [2.75, 3.05) is 13.2 Å². The molecule has 1 unspecified atom stereocenters. The van der Waals surface area contributed by atoms with Crippen molar-refractivity contribution in [3.8, 4) is 0 Å². The molecular weight excluding hydrogens is 257 g/mol. The van der Waals surface area contributed by atoms with Crippen LogP contribution in [0.4, 0.5) is 13.2 Å². The highest BCUT2D eigenvalue weighted by molar-refractivity contribution is 5.63. The number of carbonyl (C=O) groups is 1. The zero-order valence-electron chi connectivity index (χ0n) is 10.3. The molecule has 1 atom stereocenters. The van der Waals surface area contributed by atoms with E-state index in [0.29, 0.717) is 31.6 Å². The molecule has 0 bridgehead atoms. The molecule has 0 spiro atoms. The second-order valence-corrected chi connectivity index (χ2v) is 4.73.